The van der Waals surface area contributed by atoms with Gasteiger partial charge in [0.1, 0.15) is 5.75 Å². The lowest BCUT2D eigenvalue weighted by Gasteiger charge is -2.18. The van der Waals surface area contributed by atoms with Crippen LogP contribution >= 0.6 is 0 Å². The first-order valence-corrected chi connectivity index (χ1v) is 9.67. The molecule has 0 N–H and O–H groups in total. The Labute approximate surface area is 172 Å². The molecule has 0 heterocycles. The molecule has 0 aliphatic heterocycles. The minimum absolute atomic E-state index is 0.0786. The molecule has 6 heteroatoms. The third-order valence-corrected chi connectivity index (χ3v) is 4.71. The second kappa shape index (κ2) is 9.28. The van der Waals surface area contributed by atoms with E-state index in [0.29, 0.717) is 5.56 Å². The van der Waals surface area contributed by atoms with E-state index in [0.717, 1.165) is 30.5 Å². The summed E-state index contributed by atoms with van der Waals surface area (Å²) in [5.74, 6) is -4.28. The fourth-order valence-electron chi connectivity index (χ4n) is 3.11. The highest BCUT2D eigenvalue weighted by Gasteiger charge is 2.31. The predicted molar refractivity (Wildman–Crippen MR) is 106 cm³/mol. The Balaban J connectivity index is 1.62. The van der Waals surface area contributed by atoms with Crippen LogP contribution in [0, 0.1) is 17.5 Å². The summed E-state index contributed by atoms with van der Waals surface area (Å²) in [6, 6.07) is 14.6. The molecule has 0 spiro atoms. The molecule has 0 saturated carbocycles. The number of benzene rings is 3. The fourth-order valence-corrected chi connectivity index (χ4v) is 3.11. The summed E-state index contributed by atoms with van der Waals surface area (Å²) >= 11 is 0. The maximum atomic E-state index is 14.2. The SMILES string of the molecule is CCCc1ccc(CCC(F)(F)Oc2ccc(-c3cc(F)c(F)c(F)c3)cc2)cc1. The summed E-state index contributed by atoms with van der Waals surface area (Å²) in [4.78, 5) is 0. The third-order valence-electron chi connectivity index (χ3n) is 4.71. The molecule has 0 saturated heterocycles. The van der Waals surface area contributed by atoms with Crippen LogP contribution in [0.5, 0.6) is 5.75 Å². The molecule has 0 amide bonds. The predicted octanol–water partition coefficient (Wildman–Crippen LogP) is 7.33. The summed E-state index contributed by atoms with van der Waals surface area (Å²) in [6.07, 6.45) is -1.73. The maximum absolute atomic E-state index is 14.2. The van der Waals surface area contributed by atoms with Gasteiger partial charge in [0.05, 0.1) is 6.42 Å². The van der Waals surface area contributed by atoms with E-state index in [-0.39, 0.29) is 17.7 Å². The summed E-state index contributed by atoms with van der Waals surface area (Å²) in [5.41, 5.74) is 2.41. The minimum Gasteiger partial charge on any atom is -0.433 e. The van der Waals surface area contributed by atoms with Crippen molar-refractivity contribution in [2.75, 3.05) is 0 Å². The van der Waals surface area contributed by atoms with E-state index in [1.807, 2.05) is 24.3 Å². The third kappa shape index (κ3) is 5.59. The smallest absolute Gasteiger partial charge is 0.398 e. The largest absolute Gasteiger partial charge is 0.433 e. The van der Waals surface area contributed by atoms with Gasteiger partial charge in [0.15, 0.2) is 17.5 Å². The van der Waals surface area contributed by atoms with Crippen LogP contribution in [0.1, 0.15) is 30.9 Å². The van der Waals surface area contributed by atoms with E-state index in [2.05, 4.69) is 6.92 Å². The van der Waals surface area contributed by atoms with Gasteiger partial charge in [-0.05, 0) is 59.4 Å². The Hall–Kier alpha value is -2.89. The molecule has 0 atom stereocenters. The summed E-state index contributed by atoms with van der Waals surface area (Å²) in [6.45, 7) is 2.08. The maximum Gasteiger partial charge on any atom is 0.398 e. The Morgan fingerprint density at radius 1 is 0.733 bits per heavy atom. The standard InChI is InChI=1S/C24H21F5O/c1-2-3-16-4-6-17(7-5-16)12-13-24(28,29)30-20-10-8-18(9-11-20)19-14-21(25)23(27)22(26)15-19/h4-11,14-15H,2-3,12-13H2,1H3. The van der Waals surface area contributed by atoms with Crippen molar-refractivity contribution < 1.29 is 26.7 Å². The van der Waals surface area contributed by atoms with E-state index in [1.165, 1.54) is 29.8 Å². The van der Waals surface area contributed by atoms with Gasteiger partial charge in [0.25, 0.3) is 0 Å². The minimum atomic E-state index is -3.38. The van der Waals surface area contributed by atoms with Crippen LogP contribution in [0.2, 0.25) is 0 Å². The van der Waals surface area contributed by atoms with E-state index >= 15 is 0 Å². The van der Waals surface area contributed by atoms with E-state index in [1.54, 1.807) is 0 Å². The van der Waals surface area contributed by atoms with Gasteiger partial charge < -0.3 is 4.74 Å². The zero-order valence-electron chi connectivity index (χ0n) is 16.4. The van der Waals surface area contributed by atoms with Crippen LogP contribution in [-0.2, 0) is 12.8 Å². The quantitative estimate of drug-likeness (QED) is 0.274. The van der Waals surface area contributed by atoms with Crippen molar-refractivity contribution in [3.8, 4) is 16.9 Å². The van der Waals surface area contributed by atoms with Gasteiger partial charge in [0.2, 0.25) is 0 Å². The van der Waals surface area contributed by atoms with Gasteiger partial charge >= 0.3 is 6.11 Å². The van der Waals surface area contributed by atoms with Crippen LogP contribution in [0.15, 0.2) is 60.7 Å². The van der Waals surface area contributed by atoms with Crippen molar-refractivity contribution in [2.24, 2.45) is 0 Å². The van der Waals surface area contributed by atoms with Crippen molar-refractivity contribution in [3.63, 3.8) is 0 Å². The van der Waals surface area contributed by atoms with Crippen molar-refractivity contribution >= 4 is 0 Å². The molecule has 0 radical (unpaired) electrons. The monoisotopic (exact) mass is 420 g/mol. The molecule has 158 valence electrons. The Bertz CT molecular complexity index is 958. The Morgan fingerprint density at radius 3 is 1.80 bits per heavy atom. The zero-order valence-corrected chi connectivity index (χ0v) is 16.4. The average molecular weight is 420 g/mol. The number of aryl methyl sites for hydroxylation is 2. The van der Waals surface area contributed by atoms with Gasteiger partial charge in [-0.25, -0.2) is 13.2 Å². The molecule has 0 unspecified atom stereocenters. The molecular weight excluding hydrogens is 399 g/mol. The molecule has 3 rings (SSSR count). The fraction of sp³-hybridized carbons (Fsp3) is 0.250. The first-order valence-electron chi connectivity index (χ1n) is 9.67. The molecule has 3 aromatic carbocycles. The van der Waals surface area contributed by atoms with Crippen molar-refractivity contribution in [1.29, 1.82) is 0 Å². The normalized spacial score (nSPS) is 11.5. The van der Waals surface area contributed by atoms with Gasteiger partial charge in [-0.2, -0.15) is 8.78 Å². The molecule has 0 fully saturated rings. The molecule has 0 aliphatic carbocycles. The van der Waals surface area contributed by atoms with Crippen LogP contribution in [-0.4, -0.2) is 6.11 Å². The Kier molecular flexibility index (Phi) is 6.75. The van der Waals surface area contributed by atoms with Crippen LogP contribution < -0.4 is 4.74 Å². The van der Waals surface area contributed by atoms with E-state index < -0.39 is 30.0 Å². The molecule has 1 nitrogen and oxygen atoms in total. The van der Waals surface area contributed by atoms with Crippen molar-refractivity contribution in [1.82, 2.24) is 0 Å². The zero-order chi connectivity index (χ0) is 21.7. The van der Waals surface area contributed by atoms with Crippen LogP contribution in [0.3, 0.4) is 0 Å². The lowest BCUT2D eigenvalue weighted by Crippen LogP contribution is -2.25. The molecule has 0 bridgehead atoms. The number of hydrogen-bond donors (Lipinski definition) is 0. The van der Waals surface area contributed by atoms with Crippen LogP contribution in [0.4, 0.5) is 22.0 Å². The summed E-state index contributed by atoms with van der Waals surface area (Å²) < 4.78 is 73.0. The molecule has 30 heavy (non-hydrogen) atoms. The average Bonchev–Trinajstić information content (AvgIpc) is 2.72. The van der Waals surface area contributed by atoms with E-state index in [4.69, 9.17) is 4.74 Å². The molecule has 3 aromatic rings. The number of alkyl halides is 2. The van der Waals surface area contributed by atoms with Gasteiger partial charge in [-0.1, -0.05) is 49.7 Å². The van der Waals surface area contributed by atoms with Crippen molar-refractivity contribution in [3.05, 3.63) is 89.2 Å². The Morgan fingerprint density at radius 2 is 1.27 bits per heavy atom. The number of halogens is 5. The van der Waals surface area contributed by atoms with Crippen LogP contribution in [0.25, 0.3) is 11.1 Å². The second-order valence-corrected chi connectivity index (χ2v) is 7.08. The first kappa shape index (κ1) is 21.8. The number of hydrogen-bond acceptors (Lipinski definition) is 1. The molecule has 0 aromatic heterocycles. The lowest BCUT2D eigenvalue weighted by atomic mass is 10.0. The van der Waals surface area contributed by atoms with Gasteiger partial charge in [-0.15, -0.1) is 0 Å². The molecule has 0 aliphatic rings. The summed E-state index contributed by atoms with van der Waals surface area (Å²) in [7, 11) is 0. The highest BCUT2D eigenvalue weighted by molar-refractivity contribution is 5.64. The first-order chi connectivity index (χ1) is 14.3. The lowest BCUT2D eigenvalue weighted by molar-refractivity contribution is -0.180. The number of ether oxygens (including phenoxy) is 1. The number of rotatable bonds is 8. The molecular formula is C24H21F5O. The second-order valence-electron chi connectivity index (χ2n) is 7.08. The van der Waals surface area contributed by atoms with Crippen molar-refractivity contribution in [2.45, 2.75) is 38.7 Å². The van der Waals surface area contributed by atoms with Gasteiger partial charge in [0, 0.05) is 0 Å². The summed E-state index contributed by atoms with van der Waals surface area (Å²) in [5, 5.41) is 0. The highest BCUT2D eigenvalue weighted by atomic mass is 19.3. The van der Waals surface area contributed by atoms with Gasteiger partial charge in [-0.3, -0.25) is 0 Å². The topological polar surface area (TPSA) is 9.23 Å². The van der Waals surface area contributed by atoms with E-state index in [9.17, 15) is 22.0 Å². The highest BCUT2D eigenvalue weighted by Crippen LogP contribution is 2.29.